The predicted octanol–water partition coefficient (Wildman–Crippen LogP) is 8.29. The summed E-state index contributed by atoms with van der Waals surface area (Å²) in [5.41, 5.74) is 10.3. The van der Waals surface area contributed by atoms with Gasteiger partial charge < -0.3 is 63.8 Å². The third kappa shape index (κ3) is 18.9. The molecule has 1 unspecified atom stereocenters. The number of halogens is 1. The molecule has 16 rings (SSSR count). The van der Waals surface area contributed by atoms with E-state index in [1.165, 1.54) is 30.5 Å². The number of benzene rings is 2. The predicted molar refractivity (Wildman–Crippen MR) is 376 cm³/mol. The molecule has 0 bridgehead atoms. The standard InChI is InChI=1S/C19H18N8O.C15H21N5O2.C10H13N5.C9H7N3O2.C6H4ClN3.C5H11N.3CH4/c28-19(16-22-13-27(24-16)15-4-2-1-3-5-15)23-14-6-9-26(12-14)18-17-20-7-10-25(17)11-8-21-18;1-15(2,3)22-14(21)18-11-4-7-20(10-11)13-12-16-5-8-19(12)9-6-17-13;11-8-1-4-15(7-8)10-9-12-2-5-14(9)6-3-13-10;13-9(14)8-10-6-12(11-8)7-4-2-1-3-5-7;7-5-6-9-2-4-10(6)3-1-8-5;1-5-2-3-6-4-5;;;/h1-5,7-8,10-11,13-14H,6,9,12H2,(H,23,28);5-6,8-9,11H,4,7,10H2,1-3H3,(H,18,21);2-3,5-6,8H,1,4,7,11H2;1-6H,(H,13,14);1-4H;5-6H,2-4H2,1H3;3*1H4/t;11-;8-;;;5-;;;/m.00..0.../s1. The second-order valence-electron chi connectivity index (χ2n) is 23.7. The lowest BCUT2D eigenvalue weighted by atomic mass is 10.2. The van der Waals surface area contributed by atoms with Crippen molar-refractivity contribution in [1.82, 2.24) is 103 Å². The number of nitrogens with zero attached hydrogens (tertiary/aromatic N) is 21. The Morgan fingerprint density at radius 3 is 1.35 bits per heavy atom. The molecule has 2 aromatic carbocycles. The van der Waals surface area contributed by atoms with Gasteiger partial charge in [-0.1, -0.05) is 77.2 Å². The third-order valence-electron chi connectivity index (χ3n) is 15.4. The van der Waals surface area contributed by atoms with E-state index in [1.54, 1.807) is 66.8 Å². The van der Waals surface area contributed by atoms with Crippen LogP contribution in [0.2, 0.25) is 5.15 Å². The fourth-order valence-electron chi connectivity index (χ4n) is 10.8. The Morgan fingerprint density at radius 2 is 0.949 bits per heavy atom. The Morgan fingerprint density at radius 1 is 0.541 bits per heavy atom. The van der Waals surface area contributed by atoms with Crippen LogP contribution in [-0.4, -0.2) is 186 Å². The van der Waals surface area contributed by atoms with E-state index in [0.29, 0.717) is 23.9 Å². The molecule has 31 heteroatoms. The number of fused-ring (bicyclic) bond motifs is 4. The normalized spacial score (nSPS) is 16.8. The van der Waals surface area contributed by atoms with Crippen molar-refractivity contribution in [3.8, 4) is 11.4 Å². The topological polar surface area (TPSA) is 335 Å². The lowest BCUT2D eigenvalue weighted by molar-refractivity contribution is 0.0508. The average molecular weight is 1360 g/mol. The molecule has 4 atom stereocenters. The molecule has 4 aliphatic heterocycles. The Hall–Kier alpha value is -11.0. The molecule has 2 amide bonds. The van der Waals surface area contributed by atoms with Gasteiger partial charge in [-0.25, -0.2) is 68.8 Å². The van der Waals surface area contributed by atoms with E-state index in [-0.39, 0.29) is 64.1 Å². The van der Waals surface area contributed by atoms with Crippen molar-refractivity contribution in [1.29, 1.82) is 0 Å². The zero-order valence-electron chi connectivity index (χ0n) is 52.9. The molecule has 30 nitrogen and oxygen atoms in total. The fraction of sp³-hybridized carbons (Fsp3) is 0.358. The van der Waals surface area contributed by atoms with Crippen molar-refractivity contribution in [2.45, 2.75) is 99.4 Å². The number of aromatic nitrogens is 18. The Balaban J connectivity index is 0.000000157. The largest absolute Gasteiger partial charge is 0.475 e. The first-order valence-corrected chi connectivity index (χ1v) is 31.4. The van der Waals surface area contributed by atoms with Crippen molar-refractivity contribution in [2.75, 3.05) is 67.1 Å². The number of anilines is 3. The average Bonchev–Trinajstić information content (AvgIpc) is 1.66. The highest BCUT2D eigenvalue weighted by atomic mass is 35.5. The van der Waals surface area contributed by atoms with E-state index < -0.39 is 11.6 Å². The van der Waals surface area contributed by atoms with Crippen LogP contribution in [0.15, 0.2) is 172 Å². The van der Waals surface area contributed by atoms with Crippen LogP contribution in [0.4, 0.5) is 22.2 Å². The number of amides is 2. The number of carboxylic acid groups (broad SMARTS) is 1. The molecule has 6 N–H and O–H groups in total. The smallest absolute Gasteiger partial charge is 0.407 e. The second-order valence-corrected chi connectivity index (χ2v) is 24.0. The van der Waals surface area contributed by atoms with Gasteiger partial charge in [0.05, 0.1) is 17.4 Å². The zero-order chi connectivity index (χ0) is 66.3. The first-order chi connectivity index (χ1) is 46.1. The van der Waals surface area contributed by atoms with Gasteiger partial charge in [0.15, 0.2) is 45.2 Å². The summed E-state index contributed by atoms with van der Waals surface area (Å²) in [5, 5.41) is 26.3. The summed E-state index contributed by atoms with van der Waals surface area (Å²) in [6.07, 6.45) is 35.6. The maximum absolute atomic E-state index is 12.6. The number of aromatic carboxylic acids is 1. The lowest BCUT2D eigenvalue weighted by Gasteiger charge is -2.22. The zero-order valence-corrected chi connectivity index (χ0v) is 53.6. The highest BCUT2D eigenvalue weighted by Crippen LogP contribution is 2.25. The molecule has 4 aliphatic rings. The number of carboxylic acids is 1. The van der Waals surface area contributed by atoms with E-state index in [2.05, 4.69) is 97.6 Å². The van der Waals surface area contributed by atoms with Crippen LogP contribution in [0.25, 0.3) is 34.0 Å². The summed E-state index contributed by atoms with van der Waals surface area (Å²) in [4.78, 5) is 83.4. The molecule has 12 aromatic rings. The molecule has 0 spiro atoms. The number of carbonyl (C=O) groups excluding carboxylic acids is 2. The van der Waals surface area contributed by atoms with Crippen LogP contribution in [0, 0.1) is 5.92 Å². The summed E-state index contributed by atoms with van der Waals surface area (Å²) < 4.78 is 16.0. The number of alkyl carbamates (subject to hydrolysis) is 1. The van der Waals surface area contributed by atoms with Gasteiger partial charge in [-0.3, -0.25) is 4.79 Å². The van der Waals surface area contributed by atoms with E-state index in [9.17, 15) is 14.4 Å². The minimum atomic E-state index is -1.13. The van der Waals surface area contributed by atoms with Crippen LogP contribution >= 0.6 is 11.6 Å². The van der Waals surface area contributed by atoms with Crippen LogP contribution in [0.1, 0.15) is 96.9 Å². The van der Waals surface area contributed by atoms with Gasteiger partial charge in [0.1, 0.15) is 18.3 Å². The summed E-state index contributed by atoms with van der Waals surface area (Å²) in [6.45, 7) is 15.2. The quantitative estimate of drug-likeness (QED) is 0.0907. The van der Waals surface area contributed by atoms with Crippen molar-refractivity contribution in [3.63, 3.8) is 0 Å². The number of nitrogens with one attached hydrogen (secondary N) is 3. The van der Waals surface area contributed by atoms with Gasteiger partial charge >= 0.3 is 12.1 Å². The number of rotatable bonds is 9. The highest BCUT2D eigenvalue weighted by Gasteiger charge is 2.30. The number of carbonyl (C=O) groups is 3. The summed E-state index contributed by atoms with van der Waals surface area (Å²) in [6, 6.07) is 19.1. The van der Waals surface area contributed by atoms with E-state index >= 15 is 0 Å². The first kappa shape index (κ1) is 72.8. The lowest BCUT2D eigenvalue weighted by Crippen LogP contribution is -2.40. The minimum Gasteiger partial charge on any atom is -0.475 e. The number of hydrogen-bond donors (Lipinski definition) is 5. The molecular weight excluding hydrogens is 1270 g/mol. The summed E-state index contributed by atoms with van der Waals surface area (Å²) in [5.74, 6) is 2.12. The number of imidazole rings is 4. The molecule has 516 valence electrons. The first-order valence-electron chi connectivity index (χ1n) is 31.0. The molecular formula is C67H86ClN25O5. The maximum atomic E-state index is 12.6. The molecule has 4 saturated heterocycles. The molecule has 98 heavy (non-hydrogen) atoms. The van der Waals surface area contributed by atoms with Gasteiger partial charge in [-0.15, -0.1) is 10.2 Å². The highest BCUT2D eigenvalue weighted by molar-refractivity contribution is 6.32. The third-order valence-corrected chi connectivity index (χ3v) is 15.7. The minimum absolute atomic E-state index is 0. The van der Waals surface area contributed by atoms with E-state index in [1.807, 2.05) is 142 Å². The van der Waals surface area contributed by atoms with Gasteiger partial charge in [-0.05, 0) is 89.7 Å². The van der Waals surface area contributed by atoms with Crippen molar-refractivity contribution in [2.24, 2.45) is 11.7 Å². The Bertz CT molecular complexity index is 4450. The maximum Gasteiger partial charge on any atom is 0.407 e. The van der Waals surface area contributed by atoms with Crippen LogP contribution in [0.3, 0.4) is 0 Å². The molecule has 0 aliphatic carbocycles. The van der Waals surface area contributed by atoms with Crippen LogP contribution in [0.5, 0.6) is 0 Å². The molecule has 4 fully saturated rings. The number of nitrogens with two attached hydrogens (primary N) is 1. The van der Waals surface area contributed by atoms with Gasteiger partial charge in [0.25, 0.3) is 11.7 Å². The second kappa shape index (κ2) is 34.1. The fourth-order valence-corrected chi connectivity index (χ4v) is 11.0. The van der Waals surface area contributed by atoms with Crippen molar-refractivity contribution < 1.29 is 24.2 Å². The number of para-hydroxylation sites is 2. The van der Waals surface area contributed by atoms with Crippen LogP contribution < -0.4 is 36.4 Å². The van der Waals surface area contributed by atoms with Gasteiger partial charge in [0.2, 0.25) is 5.82 Å². The number of hydrogen-bond acceptors (Lipinski definition) is 21. The SMILES string of the molecule is C.C.C.CC(C)(C)OC(=O)N[C@H]1CCN(c2nccn3ccnc23)C1.C[C@H]1CCNC1.Clc1nccn2ccnc12.N[C@H]1CCN(c2nccn3ccnc23)C1.O=C(NC1CCN(c2nccn3ccnc23)C1)c1ncn(-c2ccccc2)n1.O=C(O)c1ncn(-c2ccccc2)n1. The van der Waals surface area contributed by atoms with Crippen molar-refractivity contribution in [3.05, 3.63) is 189 Å². The van der Waals surface area contributed by atoms with E-state index in [0.717, 1.165) is 97.1 Å². The summed E-state index contributed by atoms with van der Waals surface area (Å²) >= 11 is 5.70. The Labute approximate surface area is 573 Å². The molecule has 0 saturated carbocycles. The number of ether oxygens (including phenoxy) is 1. The molecule has 0 radical (unpaired) electrons. The molecule has 14 heterocycles. The van der Waals surface area contributed by atoms with Gasteiger partial charge in [0, 0.05) is 151 Å². The van der Waals surface area contributed by atoms with Crippen LogP contribution in [-0.2, 0) is 4.74 Å². The van der Waals surface area contributed by atoms with E-state index in [4.69, 9.17) is 27.2 Å². The monoisotopic (exact) mass is 1360 g/mol. The summed E-state index contributed by atoms with van der Waals surface area (Å²) in [7, 11) is 0. The Kier molecular flexibility index (Phi) is 25.4. The van der Waals surface area contributed by atoms with Gasteiger partial charge in [-0.2, -0.15) is 0 Å². The molecule has 10 aromatic heterocycles. The van der Waals surface area contributed by atoms with Crippen molar-refractivity contribution >= 4 is 69.6 Å².